The summed E-state index contributed by atoms with van der Waals surface area (Å²) < 4.78 is 5.48. The van der Waals surface area contributed by atoms with Crippen molar-refractivity contribution in [2.45, 2.75) is 25.9 Å². The quantitative estimate of drug-likeness (QED) is 0.762. The van der Waals surface area contributed by atoms with Crippen LogP contribution in [0.1, 0.15) is 19.8 Å². The van der Waals surface area contributed by atoms with Gasteiger partial charge in [-0.3, -0.25) is 9.69 Å². The lowest BCUT2D eigenvalue weighted by atomic mass is 10.0. The minimum atomic E-state index is 0.0931. The van der Waals surface area contributed by atoms with Crippen LogP contribution < -0.4 is 5.73 Å². The maximum Gasteiger partial charge on any atom is 0.228 e. The maximum absolute atomic E-state index is 12.3. The first-order chi connectivity index (χ1) is 8.70. The Balaban J connectivity index is 1.73. The fraction of sp³-hybridized carbons (Fsp3) is 0.923. The SMILES string of the molecule is CC1CC(C(=O)N2CCN(CCCN)CC2)CO1. The van der Waals surface area contributed by atoms with Crippen molar-refractivity contribution in [1.82, 2.24) is 9.80 Å². The normalized spacial score (nSPS) is 29.8. The number of ether oxygens (including phenoxy) is 1. The Labute approximate surface area is 109 Å². The van der Waals surface area contributed by atoms with Gasteiger partial charge in [0.2, 0.25) is 5.91 Å². The van der Waals surface area contributed by atoms with E-state index in [2.05, 4.69) is 4.90 Å². The van der Waals surface area contributed by atoms with E-state index < -0.39 is 0 Å². The Kier molecular flexibility index (Phi) is 4.97. The second-order valence-electron chi connectivity index (χ2n) is 5.39. The van der Waals surface area contributed by atoms with Crippen molar-refractivity contribution in [3.05, 3.63) is 0 Å². The highest BCUT2D eigenvalue weighted by atomic mass is 16.5. The van der Waals surface area contributed by atoms with Crippen LogP contribution in [-0.2, 0) is 9.53 Å². The molecule has 0 saturated carbocycles. The zero-order valence-electron chi connectivity index (χ0n) is 11.3. The van der Waals surface area contributed by atoms with Gasteiger partial charge >= 0.3 is 0 Å². The lowest BCUT2D eigenvalue weighted by Gasteiger charge is -2.35. The summed E-state index contributed by atoms with van der Waals surface area (Å²) in [7, 11) is 0. The lowest BCUT2D eigenvalue weighted by molar-refractivity contribution is -0.137. The average molecular weight is 255 g/mol. The number of hydrogen-bond acceptors (Lipinski definition) is 4. The standard InChI is InChI=1S/C13H25N3O2/c1-11-9-12(10-18-11)13(17)16-7-5-15(6-8-16)4-2-3-14/h11-12H,2-10,14H2,1H3. The summed E-state index contributed by atoms with van der Waals surface area (Å²) in [6, 6.07) is 0. The van der Waals surface area contributed by atoms with E-state index in [1.54, 1.807) is 0 Å². The van der Waals surface area contributed by atoms with E-state index in [9.17, 15) is 4.79 Å². The molecule has 0 aromatic rings. The summed E-state index contributed by atoms with van der Waals surface area (Å²) in [5.41, 5.74) is 5.51. The maximum atomic E-state index is 12.3. The van der Waals surface area contributed by atoms with Gasteiger partial charge in [0.1, 0.15) is 0 Å². The van der Waals surface area contributed by atoms with Crippen molar-refractivity contribution in [3.8, 4) is 0 Å². The number of hydrogen-bond donors (Lipinski definition) is 1. The number of carbonyl (C=O) groups excluding carboxylic acids is 1. The van der Waals surface area contributed by atoms with Crippen LogP contribution in [0.3, 0.4) is 0 Å². The van der Waals surface area contributed by atoms with Crippen LogP contribution >= 0.6 is 0 Å². The van der Waals surface area contributed by atoms with Gasteiger partial charge in [-0.15, -0.1) is 0 Å². The molecule has 2 aliphatic rings. The smallest absolute Gasteiger partial charge is 0.228 e. The molecule has 0 spiro atoms. The van der Waals surface area contributed by atoms with Gasteiger partial charge in [0.25, 0.3) is 0 Å². The molecule has 5 nitrogen and oxygen atoms in total. The minimum absolute atomic E-state index is 0.0931. The molecule has 0 bridgehead atoms. The summed E-state index contributed by atoms with van der Waals surface area (Å²) >= 11 is 0. The molecule has 104 valence electrons. The van der Waals surface area contributed by atoms with Crippen LogP contribution in [0.4, 0.5) is 0 Å². The van der Waals surface area contributed by atoms with Gasteiger partial charge in [0.05, 0.1) is 18.6 Å². The van der Waals surface area contributed by atoms with E-state index in [0.717, 1.165) is 52.1 Å². The Hall–Kier alpha value is -0.650. The molecular formula is C13H25N3O2. The molecule has 1 amide bonds. The second-order valence-corrected chi connectivity index (χ2v) is 5.39. The molecule has 2 heterocycles. The number of carbonyl (C=O) groups is 1. The topological polar surface area (TPSA) is 58.8 Å². The number of piperazine rings is 1. The van der Waals surface area contributed by atoms with E-state index in [-0.39, 0.29) is 17.9 Å². The van der Waals surface area contributed by atoms with Gasteiger partial charge in [-0.05, 0) is 32.9 Å². The molecule has 0 aromatic heterocycles. The van der Waals surface area contributed by atoms with Crippen molar-refractivity contribution in [2.24, 2.45) is 11.7 Å². The summed E-state index contributed by atoms with van der Waals surface area (Å²) in [6.07, 6.45) is 2.17. The molecule has 0 aliphatic carbocycles. The Morgan fingerprint density at radius 1 is 1.33 bits per heavy atom. The molecule has 18 heavy (non-hydrogen) atoms. The van der Waals surface area contributed by atoms with E-state index in [0.29, 0.717) is 6.61 Å². The number of nitrogens with two attached hydrogens (primary N) is 1. The summed E-state index contributed by atoms with van der Waals surface area (Å²) in [5, 5.41) is 0. The lowest BCUT2D eigenvalue weighted by Crippen LogP contribution is -2.50. The van der Waals surface area contributed by atoms with Crippen LogP contribution in [-0.4, -0.2) is 67.7 Å². The molecule has 2 fully saturated rings. The van der Waals surface area contributed by atoms with E-state index in [1.807, 2.05) is 11.8 Å². The van der Waals surface area contributed by atoms with Gasteiger partial charge in [-0.25, -0.2) is 0 Å². The third kappa shape index (κ3) is 3.43. The molecular weight excluding hydrogens is 230 g/mol. The average Bonchev–Trinajstić information content (AvgIpc) is 2.83. The third-order valence-corrected chi connectivity index (χ3v) is 3.91. The Morgan fingerprint density at radius 2 is 2.06 bits per heavy atom. The molecule has 2 unspecified atom stereocenters. The summed E-state index contributed by atoms with van der Waals surface area (Å²) in [5.74, 6) is 0.383. The summed E-state index contributed by atoms with van der Waals surface area (Å²) in [6.45, 7) is 8.12. The molecule has 2 aliphatic heterocycles. The predicted octanol–water partition coefficient (Wildman–Crippen LogP) is -0.0956. The van der Waals surface area contributed by atoms with Crippen LogP contribution in [0.25, 0.3) is 0 Å². The summed E-state index contributed by atoms with van der Waals surface area (Å²) in [4.78, 5) is 16.7. The van der Waals surface area contributed by atoms with Crippen LogP contribution in [0.15, 0.2) is 0 Å². The Morgan fingerprint density at radius 3 is 2.61 bits per heavy atom. The Bertz CT molecular complexity index is 277. The fourth-order valence-corrected chi connectivity index (χ4v) is 2.75. The van der Waals surface area contributed by atoms with Gasteiger partial charge < -0.3 is 15.4 Å². The fourth-order valence-electron chi connectivity index (χ4n) is 2.75. The molecule has 2 saturated heterocycles. The molecule has 0 radical (unpaired) electrons. The van der Waals surface area contributed by atoms with E-state index >= 15 is 0 Å². The van der Waals surface area contributed by atoms with Crippen LogP contribution in [0.5, 0.6) is 0 Å². The molecule has 2 N–H and O–H groups in total. The predicted molar refractivity (Wildman–Crippen MR) is 70.2 cm³/mol. The van der Waals surface area contributed by atoms with Crippen LogP contribution in [0.2, 0.25) is 0 Å². The van der Waals surface area contributed by atoms with Crippen LogP contribution in [0, 0.1) is 5.92 Å². The highest BCUT2D eigenvalue weighted by molar-refractivity contribution is 5.79. The molecule has 5 heteroatoms. The first-order valence-corrected chi connectivity index (χ1v) is 7.03. The highest BCUT2D eigenvalue weighted by Gasteiger charge is 2.32. The van der Waals surface area contributed by atoms with Crippen molar-refractivity contribution in [2.75, 3.05) is 45.9 Å². The van der Waals surface area contributed by atoms with Gasteiger partial charge in [-0.2, -0.15) is 0 Å². The minimum Gasteiger partial charge on any atom is -0.378 e. The van der Waals surface area contributed by atoms with E-state index in [4.69, 9.17) is 10.5 Å². The number of rotatable bonds is 4. The first kappa shape index (κ1) is 13.8. The zero-order valence-corrected chi connectivity index (χ0v) is 11.3. The van der Waals surface area contributed by atoms with Gasteiger partial charge in [0.15, 0.2) is 0 Å². The van der Waals surface area contributed by atoms with E-state index in [1.165, 1.54) is 0 Å². The third-order valence-electron chi connectivity index (χ3n) is 3.91. The first-order valence-electron chi connectivity index (χ1n) is 7.03. The van der Waals surface area contributed by atoms with Crippen molar-refractivity contribution < 1.29 is 9.53 Å². The number of amides is 1. The number of nitrogens with zero attached hydrogens (tertiary/aromatic N) is 2. The van der Waals surface area contributed by atoms with Crippen molar-refractivity contribution in [3.63, 3.8) is 0 Å². The zero-order chi connectivity index (χ0) is 13.0. The van der Waals surface area contributed by atoms with Crippen molar-refractivity contribution in [1.29, 1.82) is 0 Å². The molecule has 0 aromatic carbocycles. The monoisotopic (exact) mass is 255 g/mol. The largest absolute Gasteiger partial charge is 0.378 e. The molecule has 2 rings (SSSR count). The second kappa shape index (κ2) is 6.50. The van der Waals surface area contributed by atoms with Gasteiger partial charge in [0, 0.05) is 26.2 Å². The van der Waals surface area contributed by atoms with Gasteiger partial charge in [-0.1, -0.05) is 0 Å². The van der Waals surface area contributed by atoms with Crippen molar-refractivity contribution >= 4 is 5.91 Å². The highest BCUT2D eigenvalue weighted by Crippen LogP contribution is 2.21. The molecule has 2 atom stereocenters.